The number of thiophene rings is 2. The monoisotopic (exact) mass is 598 g/mol. The molecule has 212 valence electrons. The van der Waals surface area contributed by atoms with Crippen molar-refractivity contribution < 1.29 is 0 Å². The van der Waals surface area contributed by atoms with Gasteiger partial charge in [-0.15, -0.1) is 45.3 Å². The van der Waals surface area contributed by atoms with Gasteiger partial charge in [-0.1, -0.05) is 78.6 Å². The number of hydrogen-bond acceptors (Lipinski definition) is 6. The van der Waals surface area contributed by atoms with Crippen LogP contribution in [-0.4, -0.2) is 9.97 Å². The second-order valence-electron chi connectivity index (χ2n) is 10.7. The number of aromatic nitrogens is 2. The second-order valence-corrected chi connectivity index (χ2v) is 14.5. The van der Waals surface area contributed by atoms with Crippen molar-refractivity contribution in [1.29, 1.82) is 0 Å². The van der Waals surface area contributed by atoms with E-state index < -0.39 is 0 Å². The number of rotatable bonds is 18. The number of unbranched alkanes of at least 4 members (excludes halogenated alkanes) is 9. The summed E-state index contributed by atoms with van der Waals surface area (Å²) in [5, 5.41) is 6.94. The van der Waals surface area contributed by atoms with E-state index in [2.05, 4.69) is 50.6 Å². The molecule has 0 N–H and O–H groups in total. The number of thiazole rings is 2. The van der Waals surface area contributed by atoms with Crippen molar-refractivity contribution in [3.05, 3.63) is 45.4 Å². The van der Waals surface area contributed by atoms with Crippen molar-refractivity contribution in [1.82, 2.24) is 9.97 Å². The SMILES string of the molecule is CCCCCCc1ccsc1-c1nc(C)c(-c2sc(-c3sccc3CCCCCC)nc2CCCCCC)s1. The van der Waals surface area contributed by atoms with Crippen molar-refractivity contribution in [2.24, 2.45) is 0 Å². The second kappa shape index (κ2) is 16.2. The van der Waals surface area contributed by atoms with Gasteiger partial charge in [0.05, 0.1) is 30.9 Å². The normalized spacial score (nSPS) is 11.6. The largest absolute Gasteiger partial charge is 0.240 e. The van der Waals surface area contributed by atoms with Crippen molar-refractivity contribution in [2.75, 3.05) is 0 Å². The van der Waals surface area contributed by atoms with Crippen LogP contribution < -0.4 is 0 Å². The van der Waals surface area contributed by atoms with Crippen LogP contribution in [0.3, 0.4) is 0 Å². The molecule has 0 fully saturated rings. The minimum absolute atomic E-state index is 1.07. The Morgan fingerprint density at radius 1 is 0.538 bits per heavy atom. The lowest BCUT2D eigenvalue weighted by atomic mass is 10.1. The Balaban J connectivity index is 1.61. The average molecular weight is 599 g/mol. The maximum Gasteiger partial charge on any atom is 0.134 e. The van der Waals surface area contributed by atoms with Crippen LogP contribution >= 0.6 is 45.3 Å². The quantitative estimate of drug-likeness (QED) is 0.106. The smallest absolute Gasteiger partial charge is 0.134 e. The summed E-state index contributed by atoms with van der Waals surface area (Å²) in [4.78, 5) is 16.0. The van der Waals surface area contributed by atoms with Gasteiger partial charge in [-0.2, -0.15) is 0 Å². The van der Waals surface area contributed by atoms with Gasteiger partial charge in [0, 0.05) is 0 Å². The average Bonchev–Trinajstić information content (AvgIpc) is 3.73. The molecule has 6 heteroatoms. The van der Waals surface area contributed by atoms with Gasteiger partial charge >= 0.3 is 0 Å². The Morgan fingerprint density at radius 3 is 1.56 bits per heavy atom. The molecule has 0 aromatic carbocycles. The van der Waals surface area contributed by atoms with Gasteiger partial charge in [0.25, 0.3) is 0 Å². The van der Waals surface area contributed by atoms with Crippen molar-refractivity contribution in [3.8, 4) is 29.5 Å². The first-order chi connectivity index (χ1) is 19.2. The highest BCUT2D eigenvalue weighted by Gasteiger charge is 2.22. The molecule has 2 nitrogen and oxygen atoms in total. The molecule has 0 saturated heterocycles. The van der Waals surface area contributed by atoms with E-state index in [1.807, 2.05) is 45.3 Å². The Labute approximate surface area is 253 Å². The van der Waals surface area contributed by atoms with Crippen LogP contribution in [0.4, 0.5) is 0 Å². The van der Waals surface area contributed by atoms with Crippen LogP contribution in [0.15, 0.2) is 22.9 Å². The number of nitrogens with zero attached hydrogens (tertiary/aromatic N) is 2. The number of aryl methyl sites for hydroxylation is 4. The third-order valence-corrected chi connectivity index (χ3v) is 12.1. The van der Waals surface area contributed by atoms with E-state index in [1.165, 1.54) is 136 Å². The molecule has 0 aliphatic heterocycles. The van der Waals surface area contributed by atoms with E-state index in [-0.39, 0.29) is 0 Å². The minimum atomic E-state index is 1.07. The van der Waals surface area contributed by atoms with Crippen molar-refractivity contribution in [2.45, 2.75) is 124 Å². The van der Waals surface area contributed by atoms with E-state index in [0.29, 0.717) is 0 Å². The van der Waals surface area contributed by atoms with Crippen LogP contribution in [0.5, 0.6) is 0 Å². The predicted molar refractivity (Wildman–Crippen MR) is 178 cm³/mol. The molecule has 39 heavy (non-hydrogen) atoms. The van der Waals surface area contributed by atoms with E-state index in [0.717, 1.165) is 12.1 Å². The van der Waals surface area contributed by atoms with Crippen molar-refractivity contribution in [3.63, 3.8) is 0 Å². The zero-order valence-electron chi connectivity index (χ0n) is 24.4. The van der Waals surface area contributed by atoms with Gasteiger partial charge in [-0.3, -0.25) is 0 Å². The van der Waals surface area contributed by atoms with E-state index in [9.17, 15) is 0 Å². The maximum absolute atomic E-state index is 5.33. The first-order valence-electron chi connectivity index (χ1n) is 15.3. The van der Waals surface area contributed by atoms with Gasteiger partial charge in [0.1, 0.15) is 10.0 Å². The fraction of sp³-hybridized carbons (Fsp3) is 0.576. The zero-order chi connectivity index (χ0) is 27.5. The molecular formula is C33H46N2S4. The molecule has 0 aliphatic rings. The van der Waals surface area contributed by atoms with E-state index in [4.69, 9.17) is 9.97 Å². The standard InChI is InChI=1S/C33H46N2S4/c1-5-8-11-14-17-25-20-22-36-29(25)32-34-24(4)28(38-32)31-27(19-16-13-10-7-3)35-33(39-31)30-26(21-23-37-30)18-15-12-9-6-2/h20-23H,5-19H2,1-4H3. The summed E-state index contributed by atoms with van der Waals surface area (Å²) in [6.45, 7) is 9.06. The third kappa shape index (κ3) is 8.34. The molecule has 0 bridgehead atoms. The Hall–Kier alpha value is -1.34. The minimum Gasteiger partial charge on any atom is -0.240 e. The van der Waals surface area contributed by atoms with Crippen LogP contribution in [-0.2, 0) is 19.3 Å². The lowest BCUT2D eigenvalue weighted by Gasteiger charge is -2.02. The highest BCUT2D eigenvalue weighted by molar-refractivity contribution is 7.28. The molecule has 4 rings (SSSR count). The van der Waals surface area contributed by atoms with Crippen LogP contribution in [0.1, 0.15) is 120 Å². The Kier molecular flexibility index (Phi) is 12.7. The van der Waals surface area contributed by atoms with Crippen LogP contribution in [0, 0.1) is 6.92 Å². The molecule has 0 spiro atoms. The van der Waals surface area contributed by atoms with E-state index >= 15 is 0 Å². The highest BCUT2D eigenvalue weighted by atomic mass is 32.1. The lowest BCUT2D eigenvalue weighted by molar-refractivity contribution is 0.662. The molecular weight excluding hydrogens is 553 g/mol. The summed E-state index contributed by atoms with van der Waals surface area (Å²) in [6.07, 6.45) is 18.9. The first kappa shape index (κ1) is 30.6. The molecule has 0 saturated carbocycles. The molecule has 4 aromatic heterocycles. The Bertz CT molecular complexity index is 1260. The topological polar surface area (TPSA) is 25.8 Å². The van der Waals surface area contributed by atoms with Gasteiger partial charge in [0.15, 0.2) is 0 Å². The summed E-state index contributed by atoms with van der Waals surface area (Å²) in [6, 6.07) is 4.66. The summed E-state index contributed by atoms with van der Waals surface area (Å²) < 4.78 is 0. The van der Waals surface area contributed by atoms with Crippen molar-refractivity contribution >= 4 is 45.3 Å². The summed E-state index contributed by atoms with van der Waals surface area (Å²) in [5.41, 5.74) is 5.42. The molecule has 0 amide bonds. The molecule has 0 unspecified atom stereocenters. The first-order valence-corrected chi connectivity index (χ1v) is 18.7. The number of hydrogen-bond donors (Lipinski definition) is 0. The summed E-state index contributed by atoms with van der Waals surface area (Å²) >= 11 is 7.54. The van der Waals surface area contributed by atoms with Gasteiger partial charge in [-0.25, -0.2) is 9.97 Å². The molecule has 0 atom stereocenters. The zero-order valence-corrected chi connectivity index (χ0v) is 27.7. The Morgan fingerprint density at radius 2 is 1.03 bits per heavy atom. The molecule has 0 radical (unpaired) electrons. The van der Waals surface area contributed by atoms with Crippen LogP contribution in [0.25, 0.3) is 29.5 Å². The molecule has 0 aliphatic carbocycles. The fourth-order valence-corrected chi connectivity index (χ4v) is 9.69. The van der Waals surface area contributed by atoms with Gasteiger partial charge in [-0.05, 0) is 79.5 Å². The molecule has 4 aromatic rings. The highest BCUT2D eigenvalue weighted by Crippen LogP contribution is 2.45. The van der Waals surface area contributed by atoms with Gasteiger partial charge < -0.3 is 0 Å². The van der Waals surface area contributed by atoms with Gasteiger partial charge in [0.2, 0.25) is 0 Å². The van der Waals surface area contributed by atoms with E-state index in [1.54, 1.807) is 0 Å². The summed E-state index contributed by atoms with van der Waals surface area (Å²) in [7, 11) is 0. The lowest BCUT2D eigenvalue weighted by Crippen LogP contribution is -1.90. The summed E-state index contributed by atoms with van der Waals surface area (Å²) in [5.74, 6) is 0. The maximum atomic E-state index is 5.33. The van der Waals surface area contributed by atoms with Crippen LogP contribution in [0.2, 0.25) is 0 Å². The predicted octanol–water partition coefficient (Wildman–Crippen LogP) is 12.4. The molecule has 4 heterocycles. The third-order valence-electron chi connectivity index (χ3n) is 7.45. The fourth-order valence-electron chi connectivity index (χ4n) is 5.14.